The lowest BCUT2D eigenvalue weighted by atomic mass is 10.2. The topological polar surface area (TPSA) is 71.1 Å². The summed E-state index contributed by atoms with van der Waals surface area (Å²) >= 11 is 0. The zero-order chi connectivity index (χ0) is 20.8. The smallest absolute Gasteiger partial charge is 0.337 e. The number of aromatic nitrogens is 4. The van der Waals surface area contributed by atoms with Gasteiger partial charge in [-0.3, -0.25) is 9.36 Å². The SMILES string of the molecule is COc1ccc(Cn2cnc3c2c(=O)n(C2CC2)c(=O)n3-c2cccc(C)c2)cc1. The van der Waals surface area contributed by atoms with E-state index in [0.717, 1.165) is 29.7 Å². The fourth-order valence-electron chi connectivity index (χ4n) is 3.86. The van der Waals surface area contributed by atoms with Crippen LogP contribution in [0, 0.1) is 6.92 Å². The maximum atomic E-state index is 13.3. The van der Waals surface area contributed by atoms with Gasteiger partial charge >= 0.3 is 5.69 Å². The van der Waals surface area contributed by atoms with Gasteiger partial charge in [-0.25, -0.2) is 14.3 Å². The van der Waals surface area contributed by atoms with Crippen molar-refractivity contribution in [1.82, 2.24) is 18.7 Å². The van der Waals surface area contributed by atoms with Crippen molar-refractivity contribution in [3.8, 4) is 11.4 Å². The van der Waals surface area contributed by atoms with E-state index >= 15 is 0 Å². The first kappa shape index (κ1) is 18.4. The van der Waals surface area contributed by atoms with Gasteiger partial charge in [0.15, 0.2) is 11.2 Å². The van der Waals surface area contributed by atoms with Crippen LogP contribution in [0.3, 0.4) is 0 Å². The molecule has 0 aliphatic heterocycles. The lowest BCUT2D eigenvalue weighted by Gasteiger charge is -2.13. The quantitative estimate of drug-likeness (QED) is 0.514. The number of ether oxygens (including phenoxy) is 1. The van der Waals surface area contributed by atoms with Crippen molar-refractivity contribution in [3.63, 3.8) is 0 Å². The molecular weight excluding hydrogens is 380 g/mol. The van der Waals surface area contributed by atoms with Crippen LogP contribution in [-0.2, 0) is 6.54 Å². The number of benzene rings is 2. The molecule has 30 heavy (non-hydrogen) atoms. The molecule has 0 atom stereocenters. The third-order valence-electron chi connectivity index (χ3n) is 5.53. The van der Waals surface area contributed by atoms with Crippen molar-refractivity contribution < 1.29 is 4.74 Å². The zero-order valence-corrected chi connectivity index (χ0v) is 16.9. The molecule has 0 unspecified atom stereocenters. The molecule has 1 aliphatic carbocycles. The minimum Gasteiger partial charge on any atom is -0.497 e. The van der Waals surface area contributed by atoms with Crippen LogP contribution >= 0.6 is 0 Å². The number of fused-ring (bicyclic) bond motifs is 1. The number of methoxy groups -OCH3 is 1. The highest BCUT2D eigenvalue weighted by atomic mass is 16.5. The summed E-state index contributed by atoms with van der Waals surface area (Å²) in [6, 6.07) is 15.4. The second-order valence-electron chi connectivity index (χ2n) is 7.76. The first-order chi connectivity index (χ1) is 14.6. The Bertz CT molecular complexity index is 1360. The minimum absolute atomic E-state index is 0.0326. The molecular formula is C23H22N4O3. The lowest BCUT2D eigenvalue weighted by Crippen LogP contribution is -2.39. The van der Waals surface area contributed by atoms with E-state index in [1.54, 1.807) is 18.0 Å². The molecule has 0 bridgehead atoms. The van der Waals surface area contributed by atoms with Crippen molar-refractivity contribution in [2.75, 3.05) is 7.11 Å². The highest BCUT2D eigenvalue weighted by molar-refractivity contribution is 5.72. The molecule has 2 heterocycles. The molecule has 7 nitrogen and oxygen atoms in total. The van der Waals surface area contributed by atoms with E-state index in [1.165, 1.54) is 4.57 Å². The summed E-state index contributed by atoms with van der Waals surface area (Å²) in [7, 11) is 1.63. The molecule has 2 aromatic heterocycles. The van der Waals surface area contributed by atoms with Crippen LogP contribution in [0.15, 0.2) is 64.4 Å². The standard InChI is InChI=1S/C23H22N4O3/c1-15-4-3-5-18(12-15)26-21-20(22(28)27(23(26)29)17-8-9-17)25(14-24-21)13-16-6-10-19(30-2)11-7-16/h3-7,10-12,14,17H,8-9,13H2,1-2H3. The number of imidazole rings is 1. The molecule has 7 heteroatoms. The van der Waals surface area contributed by atoms with Crippen LogP contribution in [0.1, 0.15) is 30.0 Å². The van der Waals surface area contributed by atoms with E-state index in [-0.39, 0.29) is 17.3 Å². The summed E-state index contributed by atoms with van der Waals surface area (Å²) in [5, 5.41) is 0. The molecule has 5 rings (SSSR count). The third kappa shape index (κ3) is 3.03. The lowest BCUT2D eigenvalue weighted by molar-refractivity contribution is 0.414. The summed E-state index contributed by atoms with van der Waals surface area (Å²) in [6.07, 6.45) is 3.33. The Balaban J connectivity index is 1.73. The van der Waals surface area contributed by atoms with Gasteiger partial charge in [-0.1, -0.05) is 24.3 Å². The first-order valence-electron chi connectivity index (χ1n) is 9.99. The Morgan fingerprint density at radius 1 is 1.10 bits per heavy atom. The number of nitrogens with zero attached hydrogens (tertiary/aromatic N) is 4. The van der Waals surface area contributed by atoms with E-state index in [2.05, 4.69) is 4.98 Å². The molecule has 0 spiro atoms. The van der Waals surface area contributed by atoms with Gasteiger partial charge in [0.2, 0.25) is 0 Å². The molecule has 1 fully saturated rings. The van der Waals surface area contributed by atoms with Gasteiger partial charge in [0, 0.05) is 12.6 Å². The van der Waals surface area contributed by atoms with E-state index in [4.69, 9.17) is 4.74 Å². The van der Waals surface area contributed by atoms with Crippen LogP contribution in [0.5, 0.6) is 5.75 Å². The van der Waals surface area contributed by atoms with Gasteiger partial charge in [0.05, 0.1) is 19.1 Å². The number of hydrogen-bond acceptors (Lipinski definition) is 4. The van der Waals surface area contributed by atoms with Gasteiger partial charge in [0.1, 0.15) is 5.75 Å². The molecule has 1 aliphatic rings. The first-order valence-corrected chi connectivity index (χ1v) is 9.99. The Morgan fingerprint density at radius 2 is 1.87 bits per heavy atom. The van der Waals surface area contributed by atoms with Crippen LogP contribution < -0.4 is 16.0 Å². The van der Waals surface area contributed by atoms with Crippen LogP contribution in [0.4, 0.5) is 0 Å². The average molecular weight is 402 g/mol. The third-order valence-corrected chi connectivity index (χ3v) is 5.53. The van der Waals surface area contributed by atoms with Gasteiger partial charge in [0.25, 0.3) is 5.56 Å². The Labute approximate surface area is 172 Å². The number of rotatable bonds is 5. The fraction of sp³-hybridized carbons (Fsp3) is 0.261. The summed E-state index contributed by atoms with van der Waals surface area (Å²) in [5.41, 5.74) is 3.01. The summed E-state index contributed by atoms with van der Waals surface area (Å²) in [6.45, 7) is 2.46. The van der Waals surface area contributed by atoms with E-state index < -0.39 is 0 Å². The van der Waals surface area contributed by atoms with Crippen molar-refractivity contribution in [1.29, 1.82) is 0 Å². The fourth-order valence-corrected chi connectivity index (χ4v) is 3.86. The second-order valence-corrected chi connectivity index (χ2v) is 7.76. The summed E-state index contributed by atoms with van der Waals surface area (Å²) < 4.78 is 10.0. The van der Waals surface area contributed by atoms with E-state index in [1.807, 2.05) is 60.0 Å². The predicted molar refractivity (Wildman–Crippen MR) is 115 cm³/mol. The van der Waals surface area contributed by atoms with Gasteiger partial charge in [-0.05, 0) is 55.2 Å². The highest BCUT2D eigenvalue weighted by Gasteiger charge is 2.30. The summed E-state index contributed by atoms with van der Waals surface area (Å²) in [5.74, 6) is 0.776. The van der Waals surface area contributed by atoms with Gasteiger partial charge in [-0.15, -0.1) is 0 Å². The largest absolute Gasteiger partial charge is 0.497 e. The molecule has 1 saturated carbocycles. The number of aryl methyl sites for hydroxylation is 1. The molecule has 0 radical (unpaired) electrons. The zero-order valence-electron chi connectivity index (χ0n) is 16.9. The Hall–Kier alpha value is -3.61. The van der Waals surface area contributed by atoms with Crippen LogP contribution in [-0.4, -0.2) is 25.8 Å². The van der Waals surface area contributed by atoms with Crippen LogP contribution in [0.25, 0.3) is 16.9 Å². The van der Waals surface area contributed by atoms with Crippen molar-refractivity contribution >= 4 is 11.2 Å². The number of hydrogen-bond donors (Lipinski definition) is 0. The second kappa shape index (κ2) is 7.02. The normalized spacial score (nSPS) is 13.7. The van der Waals surface area contributed by atoms with Crippen LogP contribution in [0.2, 0.25) is 0 Å². The molecule has 152 valence electrons. The van der Waals surface area contributed by atoms with Crippen molar-refractivity contribution in [2.24, 2.45) is 0 Å². The minimum atomic E-state index is -0.324. The molecule has 2 aromatic carbocycles. The summed E-state index contributed by atoms with van der Waals surface area (Å²) in [4.78, 5) is 31.1. The highest BCUT2D eigenvalue weighted by Crippen LogP contribution is 2.32. The maximum Gasteiger partial charge on any atom is 0.337 e. The van der Waals surface area contributed by atoms with E-state index in [0.29, 0.717) is 23.4 Å². The van der Waals surface area contributed by atoms with Crippen molar-refractivity contribution in [2.45, 2.75) is 32.4 Å². The molecule has 0 amide bonds. The molecule has 0 saturated heterocycles. The molecule has 4 aromatic rings. The Kier molecular flexibility index (Phi) is 4.31. The van der Waals surface area contributed by atoms with E-state index in [9.17, 15) is 9.59 Å². The average Bonchev–Trinajstić information content (AvgIpc) is 3.49. The predicted octanol–water partition coefficient (Wildman–Crippen LogP) is 3.05. The Morgan fingerprint density at radius 3 is 2.53 bits per heavy atom. The van der Waals surface area contributed by atoms with Crippen molar-refractivity contribution in [3.05, 3.63) is 86.8 Å². The van der Waals surface area contributed by atoms with Gasteiger partial charge < -0.3 is 9.30 Å². The monoisotopic (exact) mass is 402 g/mol. The maximum absolute atomic E-state index is 13.3. The van der Waals surface area contributed by atoms with Gasteiger partial charge in [-0.2, -0.15) is 0 Å². The molecule has 0 N–H and O–H groups in total.